The number of hydrogen-bond donors (Lipinski definition) is 1. The van der Waals surface area contributed by atoms with Gasteiger partial charge in [-0.25, -0.2) is 4.39 Å². The number of rotatable bonds is 8. The van der Waals surface area contributed by atoms with Gasteiger partial charge in [-0.1, -0.05) is 48.2 Å². The van der Waals surface area contributed by atoms with Crippen molar-refractivity contribution in [2.75, 3.05) is 18.5 Å². The molecule has 31 heavy (non-hydrogen) atoms. The first-order valence-electron chi connectivity index (χ1n) is 10.1. The van der Waals surface area contributed by atoms with E-state index in [2.05, 4.69) is 17.2 Å². The van der Waals surface area contributed by atoms with Crippen LogP contribution in [0, 0.1) is 17.7 Å². The van der Waals surface area contributed by atoms with Crippen LogP contribution < -0.4 is 5.32 Å². The van der Waals surface area contributed by atoms with E-state index in [1.54, 1.807) is 26.0 Å². The van der Waals surface area contributed by atoms with E-state index in [4.69, 9.17) is 9.05 Å². The van der Waals surface area contributed by atoms with E-state index >= 15 is 0 Å². The van der Waals surface area contributed by atoms with Crippen molar-refractivity contribution in [3.05, 3.63) is 101 Å². The number of anilines is 1. The van der Waals surface area contributed by atoms with Crippen molar-refractivity contribution in [1.29, 1.82) is 0 Å². The van der Waals surface area contributed by atoms with Gasteiger partial charge in [0, 0.05) is 22.4 Å². The lowest BCUT2D eigenvalue weighted by Crippen LogP contribution is -2.16. The molecule has 0 spiro atoms. The van der Waals surface area contributed by atoms with Crippen molar-refractivity contribution in [2.24, 2.45) is 0 Å². The average Bonchev–Trinajstić information content (AvgIpc) is 2.78. The van der Waals surface area contributed by atoms with Crippen molar-refractivity contribution >= 4 is 13.3 Å². The maximum absolute atomic E-state index is 13.8. The first-order chi connectivity index (χ1) is 15.1. The topological polar surface area (TPSA) is 47.6 Å². The van der Waals surface area contributed by atoms with Gasteiger partial charge in [0.1, 0.15) is 5.82 Å². The highest BCUT2D eigenvalue weighted by molar-refractivity contribution is 7.54. The highest BCUT2D eigenvalue weighted by Crippen LogP contribution is 2.61. The van der Waals surface area contributed by atoms with Crippen molar-refractivity contribution in [2.45, 2.75) is 19.6 Å². The Kier molecular flexibility index (Phi) is 8.03. The Morgan fingerprint density at radius 1 is 0.871 bits per heavy atom. The van der Waals surface area contributed by atoms with Gasteiger partial charge in [0.05, 0.1) is 13.2 Å². The SMILES string of the molecule is CCOP(=O)(OCC)C(Nc1ccc(F)cc1)c1ccccc1C#Cc1ccccc1. The molecule has 0 aliphatic heterocycles. The minimum Gasteiger partial charge on any atom is -0.368 e. The Bertz CT molecular complexity index is 1080. The first-order valence-corrected chi connectivity index (χ1v) is 11.7. The monoisotopic (exact) mass is 437 g/mol. The van der Waals surface area contributed by atoms with E-state index in [1.165, 1.54) is 12.1 Å². The van der Waals surface area contributed by atoms with E-state index in [-0.39, 0.29) is 19.0 Å². The van der Waals surface area contributed by atoms with Crippen LogP contribution in [0.5, 0.6) is 0 Å². The summed E-state index contributed by atoms with van der Waals surface area (Å²) >= 11 is 0. The van der Waals surface area contributed by atoms with Gasteiger partial charge in [-0.05, 0) is 56.3 Å². The lowest BCUT2D eigenvalue weighted by Gasteiger charge is -2.29. The van der Waals surface area contributed by atoms with Crippen LogP contribution >= 0.6 is 7.60 Å². The maximum Gasteiger partial charge on any atom is 0.357 e. The van der Waals surface area contributed by atoms with E-state index in [9.17, 15) is 8.96 Å². The maximum atomic E-state index is 13.8. The number of benzene rings is 3. The largest absolute Gasteiger partial charge is 0.368 e. The molecule has 4 nitrogen and oxygen atoms in total. The molecule has 3 rings (SSSR count). The molecule has 0 aliphatic carbocycles. The Hall–Kier alpha value is -2.90. The second kappa shape index (κ2) is 10.9. The van der Waals surface area contributed by atoms with Crippen LogP contribution in [-0.2, 0) is 13.6 Å². The first kappa shape index (κ1) is 22.8. The summed E-state index contributed by atoms with van der Waals surface area (Å²) in [5.74, 6) is 5.15. The molecule has 0 fully saturated rings. The Morgan fingerprint density at radius 2 is 1.48 bits per heavy atom. The predicted octanol–water partition coefficient (Wildman–Crippen LogP) is 6.60. The van der Waals surface area contributed by atoms with Gasteiger partial charge in [0.2, 0.25) is 0 Å². The highest BCUT2D eigenvalue weighted by Gasteiger charge is 2.38. The summed E-state index contributed by atoms with van der Waals surface area (Å²) in [6, 6.07) is 22.9. The highest BCUT2D eigenvalue weighted by atomic mass is 31.2. The summed E-state index contributed by atoms with van der Waals surface area (Å²) in [6.45, 7) is 3.97. The summed E-state index contributed by atoms with van der Waals surface area (Å²) in [5.41, 5.74) is 2.85. The molecule has 1 unspecified atom stereocenters. The average molecular weight is 437 g/mol. The van der Waals surface area contributed by atoms with Crippen LogP contribution in [-0.4, -0.2) is 13.2 Å². The second-order valence-corrected chi connectivity index (χ2v) is 8.74. The van der Waals surface area contributed by atoms with Crippen molar-refractivity contribution in [1.82, 2.24) is 0 Å². The van der Waals surface area contributed by atoms with Gasteiger partial charge in [-0.2, -0.15) is 0 Å². The van der Waals surface area contributed by atoms with E-state index in [0.29, 0.717) is 16.8 Å². The number of nitrogens with one attached hydrogen (secondary N) is 1. The third-order valence-corrected chi connectivity index (χ3v) is 6.73. The molecule has 0 bridgehead atoms. The lowest BCUT2D eigenvalue weighted by atomic mass is 10.1. The van der Waals surface area contributed by atoms with Gasteiger partial charge >= 0.3 is 7.60 Å². The van der Waals surface area contributed by atoms with Gasteiger partial charge in [0.25, 0.3) is 0 Å². The zero-order chi connectivity index (χ0) is 22.1. The quantitative estimate of drug-likeness (QED) is 0.319. The predicted molar refractivity (Wildman–Crippen MR) is 122 cm³/mol. The zero-order valence-corrected chi connectivity index (χ0v) is 18.4. The number of hydrogen-bond acceptors (Lipinski definition) is 4. The fraction of sp³-hybridized carbons (Fsp3) is 0.200. The van der Waals surface area contributed by atoms with Crippen molar-refractivity contribution in [3.8, 4) is 11.8 Å². The molecular weight excluding hydrogens is 412 g/mol. The molecule has 0 saturated heterocycles. The summed E-state index contributed by atoms with van der Waals surface area (Å²) in [7, 11) is -3.62. The molecule has 1 N–H and O–H groups in total. The Labute approximate surface area is 183 Å². The molecule has 3 aromatic rings. The van der Waals surface area contributed by atoms with Crippen LogP contribution in [0.15, 0.2) is 78.9 Å². The molecule has 0 saturated carbocycles. The molecule has 0 aliphatic rings. The van der Waals surface area contributed by atoms with Crippen LogP contribution in [0.2, 0.25) is 0 Å². The fourth-order valence-electron chi connectivity index (χ4n) is 3.09. The molecular formula is C25H25FNO3P. The van der Waals surface area contributed by atoms with Crippen LogP contribution in [0.3, 0.4) is 0 Å². The second-order valence-electron chi connectivity index (χ2n) is 6.63. The minimum absolute atomic E-state index is 0.219. The molecule has 6 heteroatoms. The molecule has 0 aromatic heterocycles. The van der Waals surface area contributed by atoms with Gasteiger partial charge < -0.3 is 14.4 Å². The van der Waals surface area contributed by atoms with E-state index < -0.39 is 13.4 Å². The molecule has 0 amide bonds. The smallest absolute Gasteiger partial charge is 0.357 e. The third kappa shape index (κ3) is 6.06. The summed E-state index contributed by atoms with van der Waals surface area (Å²) < 4.78 is 38.5. The molecule has 0 radical (unpaired) electrons. The van der Waals surface area contributed by atoms with E-state index in [0.717, 1.165) is 5.56 Å². The van der Waals surface area contributed by atoms with Crippen LogP contribution in [0.4, 0.5) is 10.1 Å². The van der Waals surface area contributed by atoms with Gasteiger partial charge in [-0.3, -0.25) is 4.57 Å². The summed E-state index contributed by atoms with van der Waals surface area (Å²) in [5, 5.41) is 3.22. The molecule has 160 valence electrons. The van der Waals surface area contributed by atoms with Gasteiger partial charge in [-0.15, -0.1) is 0 Å². The zero-order valence-electron chi connectivity index (χ0n) is 17.5. The summed E-state index contributed by atoms with van der Waals surface area (Å²) in [6.07, 6.45) is 0. The summed E-state index contributed by atoms with van der Waals surface area (Å²) in [4.78, 5) is 0. The Morgan fingerprint density at radius 3 is 2.13 bits per heavy atom. The van der Waals surface area contributed by atoms with Crippen LogP contribution in [0.1, 0.15) is 36.3 Å². The van der Waals surface area contributed by atoms with Gasteiger partial charge in [0.15, 0.2) is 5.78 Å². The molecule has 1 atom stereocenters. The lowest BCUT2D eigenvalue weighted by molar-refractivity contribution is 0.214. The van der Waals surface area contributed by atoms with Crippen molar-refractivity contribution in [3.63, 3.8) is 0 Å². The Balaban J connectivity index is 2.08. The normalized spacial score (nSPS) is 12.0. The van der Waals surface area contributed by atoms with Crippen LogP contribution in [0.25, 0.3) is 0 Å². The fourth-order valence-corrected chi connectivity index (χ4v) is 5.05. The van der Waals surface area contributed by atoms with E-state index in [1.807, 2.05) is 54.6 Å². The third-order valence-electron chi connectivity index (χ3n) is 4.45. The standard InChI is InChI=1S/C25H25FNO3P/c1-3-29-31(28,30-4-2)25(27-23-18-16-22(26)17-19-23)24-13-9-8-12-21(24)15-14-20-10-6-5-7-11-20/h5-13,16-19,25,27H,3-4H2,1-2H3. The molecule has 3 aromatic carbocycles. The van der Waals surface area contributed by atoms with Crippen molar-refractivity contribution < 1.29 is 18.0 Å². The molecule has 0 heterocycles. The minimum atomic E-state index is -3.62. The number of halogens is 1.